The van der Waals surface area contributed by atoms with Gasteiger partial charge in [-0.3, -0.25) is 9.59 Å². The lowest BCUT2D eigenvalue weighted by Crippen LogP contribution is -2.31. The van der Waals surface area contributed by atoms with E-state index in [1.165, 1.54) is 116 Å². The number of carbonyl (C=O) groups excluding carboxylic acids is 2. The zero-order valence-corrected chi connectivity index (χ0v) is 31.9. The van der Waals surface area contributed by atoms with Gasteiger partial charge in [0, 0.05) is 18.5 Å². The number of anilines is 1. The summed E-state index contributed by atoms with van der Waals surface area (Å²) in [4.78, 5) is 25.1. The fraction of sp³-hybridized carbons (Fsp3) is 0.727. The fourth-order valence-corrected chi connectivity index (χ4v) is 5.97. The lowest BCUT2D eigenvalue weighted by atomic mass is 10.0. The predicted molar refractivity (Wildman–Crippen MR) is 210 cm³/mol. The van der Waals surface area contributed by atoms with Crippen LogP contribution in [-0.4, -0.2) is 31.2 Å². The first-order chi connectivity index (χ1) is 24.2. The van der Waals surface area contributed by atoms with Gasteiger partial charge in [-0.25, -0.2) is 0 Å². The van der Waals surface area contributed by atoms with Crippen molar-refractivity contribution in [3.8, 4) is 0 Å². The van der Waals surface area contributed by atoms with Crippen molar-refractivity contribution in [3.63, 3.8) is 0 Å². The number of carbonyl (C=O) groups is 2. The van der Waals surface area contributed by atoms with Gasteiger partial charge in [0.05, 0.1) is 6.54 Å². The van der Waals surface area contributed by atoms with Gasteiger partial charge in [0.2, 0.25) is 0 Å². The van der Waals surface area contributed by atoms with Crippen molar-refractivity contribution in [2.24, 2.45) is 0 Å². The molecule has 0 aliphatic carbocycles. The molecule has 0 fully saturated rings. The highest BCUT2D eigenvalue weighted by molar-refractivity contribution is 5.70. The first kappa shape index (κ1) is 44.5. The van der Waals surface area contributed by atoms with Crippen LogP contribution in [0.25, 0.3) is 0 Å². The predicted octanol–water partition coefficient (Wildman–Crippen LogP) is 13.2. The second-order valence-electron chi connectivity index (χ2n) is 13.9. The van der Waals surface area contributed by atoms with Crippen molar-refractivity contribution in [2.75, 3.05) is 18.5 Å². The summed E-state index contributed by atoms with van der Waals surface area (Å²) in [5, 5.41) is 3.32. The van der Waals surface area contributed by atoms with E-state index in [1.54, 1.807) is 0 Å². The molecule has 1 aromatic rings. The summed E-state index contributed by atoms with van der Waals surface area (Å²) in [6.45, 7) is 5.01. The van der Waals surface area contributed by atoms with Gasteiger partial charge in [0.25, 0.3) is 0 Å². The number of nitrogens with one attached hydrogen (secondary N) is 1. The molecule has 0 aromatic heterocycles. The maximum absolute atomic E-state index is 12.7. The second-order valence-corrected chi connectivity index (χ2v) is 13.9. The van der Waals surface area contributed by atoms with Crippen molar-refractivity contribution >= 4 is 17.6 Å². The number of hydrogen-bond acceptors (Lipinski definition) is 5. The molecule has 49 heavy (non-hydrogen) atoms. The SMILES string of the molecule is CCCCC/C=C\C/C=C\CCCCCCCC(=O)OC(CNc1ccccc1)COC(=O)CCCCCCCCCCCCCCCC. The van der Waals surface area contributed by atoms with Gasteiger partial charge in [-0.05, 0) is 57.1 Å². The summed E-state index contributed by atoms with van der Waals surface area (Å²) in [5.41, 5.74) is 0.950. The van der Waals surface area contributed by atoms with Gasteiger partial charge in [-0.15, -0.1) is 0 Å². The first-order valence-electron chi connectivity index (χ1n) is 20.6. The number of unbranched alkanes of at least 4 members (excludes halogenated alkanes) is 21. The van der Waals surface area contributed by atoms with Crippen LogP contribution in [0.15, 0.2) is 54.6 Å². The molecule has 5 nitrogen and oxygen atoms in total. The largest absolute Gasteiger partial charge is 0.462 e. The van der Waals surface area contributed by atoms with Crippen LogP contribution in [0.4, 0.5) is 5.69 Å². The van der Waals surface area contributed by atoms with Gasteiger partial charge < -0.3 is 14.8 Å². The summed E-state index contributed by atoms with van der Waals surface area (Å²) in [5.74, 6) is -0.415. The topological polar surface area (TPSA) is 64.6 Å². The number of esters is 2. The third-order valence-electron chi connectivity index (χ3n) is 9.10. The van der Waals surface area contributed by atoms with E-state index in [1.807, 2.05) is 30.3 Å². The average Bonchev–Trinajstić information content (AvgIpc) is 3.11. The molecule has 1 N–H and O–H groups in total. The van der Waals surface area contributed by atoms with Crippen LogP contribution in [0.3, 0.4) is 0 Å². The Morgan fingerprint density at radius 2 is 1.02 bits per heavy atom. The highest BCUT2D eigenvalue weighted by Gasteiger charge is 2.17. The molecule has 0 amide bonds. The summed E-state index contributed by atoms with van der Waals surface area (Å²) in [6, 6.07) is 9.84. The molecule has 280 valence electrons. The average molecular weight is 682 g/mol. The Hall–Kier alpha value is -2.56. The maximum atomic E-state index is 12.7. The Labute approximate surface area is 302 Å². The van der Waals surface area contributed by atoms with Crippen molar-refractivity contribution in [1.82, 2.24) is 0 Å². The number of hydrogen-bond donors (Lipinski definition) is 1. The summed E-state index contributed by atoms with van der Waals surface area (Å²) in [7, 11) is 0. The molecule has 5 heteroatoms. The molecule has 0 radical (unpaired) electrons. The van der Waals surface area contributed by atoms with E-state index in [0.29, 0.717) is 19.4 Å². The molecule has 0 saturated carbocycles. The van der Waals surface area contributed by atoms with Gasteiger partial charge in [0.1, 0.15) is 6.61 Å². The quantitative estimate of drug-likeness (QED) is 0.0439. The van der Waals surface area contributed by atoms with Crippen molar-refractivity contribution in [1.29, 1.82) is 0 Å². The summed E-state index contributed by atoms with van der Waals surface area (Å²) in [6.07, 6.45) is 40.2. The van der Waals surface area contributed by atoms with Crippen LogP contribution in [0.2, 0.25) is 0 Å². The standard InChI is InChI=1S/C44H75NO4/c1-3-5-7-9-11-13-15-17-19-21-23-25-27-29-34-38-44(47)49-42(39-45-41-35-31-30-32-36-41)40-48-43(46)37-33-28-26-24-22-20-18-16-14-12-10-8-6-4-2/h11,13,17,19,30-32,35-36,42,45H,3-10,12,14-16,18,20-29,33-34,37-40H2,1-2H3/b13-11-,19-17-. The molecule has 0 saturated heterocycles. The Balaban J connectivity index is 2.16. The fourth-order valence-electron chi connectivity index (χ4n) is 5.97. The number of benzene rings is 1. The van der Waals surface area contributed by atoms with Crippen LogP contribution in [0.1, 0.15) is 187 Å². The normalized spacial score (nSPS) is 12.1. The van der Waals surface area contributed by atoms with E-state index in [2.05, 4.69) is 43.5 Å². The Kier molecular flexibility index (Phi) is 32.0. The highest BCUT2D eigenvalue weighted by atomic mass is 16.6. The minimum atomic E-state index is -0.508. The van der Waals surface area contributed by atoms with Crippen LogP contribution in [-0.2, 0) is 19.1 Å². The van der Waals surface area contributed by atoms with Crippen LogP contribution < -0.4 is 5.32 Å². The number of allylic oxidation sites excluding steroid dienone is 4. The molecule has 1 aromatic carbocycles. The van der Waals surface area contributed by atoms with Crippen LogP contribution >= 0.6 is 0 Å². The van der Waals surface area contributed by atoms with E-state index in [0.717, 1.165) is 50.6 Å². The summed E-state index contributed by atoms with van der Waals surface area (Å²) >= 11 is 0. The molecule has 0 aliphatic rings. The van der Waals surface area contributed by atoms with E-state index in [-0.39, 0.29) is 18.5 Å². The van der Waals surface area contributed by atoms with E-state index >= 15 is 0 Å². The third-order valence-corrected chi connectivity index (χ3v) is 9.10. The molecule has 1 unspecified atom stereocenters. The van der Waals surface area contributed by atoms with Crippen molar-refractivity contribution in [3.05, 3.63) is 54.6 Å². The molecule has 1 rings (SSSR count). The Bertz CT molecular complexity index is 928. The zero-order chi connectivity index (χ0) is 35.3. The smallest absolute Gasteiger partial charge is 0.306 e. The van der Waals surface area contributed by atoms with E-state index in [4.69, 9.17) is 9.47 Å². The summed E-state index contributed by atoms with van der Waals surface area (Å²) < 4.78 is 11.3. The molecule has 0 spiro atoms. The molecular weight excluding hydrogens is 606 g/mol. The van der Waals surface area contributed by atoms with Gasteiger partial charge >= 0.3 is 11.9 Å². The number of ether oxygens (including phenoxy) is 2. The van der Waals surface area contributed by atoms with Crippen LogP contribution in [0, 0.1) is 0 Å². The molecule has 1 atom stereocenters. The van der Waals surface area contributed by atoms with Gasteiger partial charge in [0.15, 0.2) is 6.10 Å². The minimum Gasteiger partial charge on any atom is -0.462 e. The lowest BCUT2D eigenvalue weighted by molar-refractivity contribution is -0.158. The number of rotatable bonds is 35. The monoisotopic (exact) mass is 682 g/mol. The zero-order valence-electron chi connectivity index (χ0n) is 31.9. The molecule has 0 aliphatic heterocycles. The van der Waals surface area contributed by atoms with E-state index in [9.17, 15) is 9.59 Å². The Morgan fingerprint density at radius 3 is 1.57 bits per heavy atom. The van der Waals surface area contributed by atoms with Gasteiger partial charge in [-0.1, -0.05) is 172 Å². The van der Waals surface area contributed by atoms with Crippen molar-refractivity contribution < 1.29 is 19.1 Å². The maximum Gasteiger partial charge on any atom is 0.306 e. The lowest BCUT2D eigenvalue weighted by Gasteiger charge is -2.19. The molecule has 0 bridgehead atoms. The van der Waals surface area contributed by atoms with Gasteiger partial charge in [-0.2, -0.15) is 0 Å². The highest BCUT2D eigenvalue weighted by Crippen LogP contribution is 2.15. The first-order valence-corrected chi connectivity index (χ1v) is 20.6. The molecular formula is C44H75NO4. The molecule has 0 heterocycles. The Morgan fingerprint density at radius 1 is 0.571 bits per heavy atom. The van der Waals surface area contributed by atoms with E-state index < -0.39 is 6.10 Å². The number of para-hydroxylation sites is 1. The van der Waals surface area contributed by atoms with Crippen LogP contribution in [0.5, 0.6) is 0 Å². The minimum absolute atomic E-state index is 0.0885. The second kappa shape index (κ2) is 35.3. The third kappa shape index (κ3) is 31.2. The van der Waals surface area contributed by atoms with Crippen molar-refractivity contribution in [2.45, 2.75) is 193 Å².